The first kappa shape index (κ1) is 14.9. The first-order chi connectivity index (χ1) is 9.54. The number of alkyl halides is 1. The van der Waals surface area contributed by atoms with E-state index in [-0.39, 0.29) is 11.9 Å². The molecule has 0 aliphatic heterocycles. The lowest BCUT2D eigenvalue weighted by atomic mass is 10.0. The van der Waals surface area contributed by atoms with Crippen molar-refractivity contribution >= 4 is 17.3 Å². The summed E-state index contributed by atoms with van der Waals surface area (Å²) in [7, 11) is 1.99. The van der Waals surface area contributed by atoms with Crippen molar-refractivity contribution in [3.63, 3.8) is 0 Å². The minimum Gasteiger partial charge on any atom is -0.368 e. The summed E-state index contributed by atoms with van der Waals surface area (Å²) >= 11 is 5.85. The number of hydrogen-bond acceptors (Lipinski definition) is 1. The highest BCUT2D eigenvalue weighted by molar-refractivity contribution is 6.17. The van der Waals surface area contributed by atoms with Crippen LogP contribution in [0.3, 0.4) is 0 Å². The largest absolute Gasteiger partial charge is 0.368 e. The quantitative estimate of drug-likeness (QED) is 0.711. The van der Waals surface area contributed by atoms with E-state index in [2.05, 4.69) is 17.9 Å². The van der Waals surface area contributed by atoms with E-state index in [4.69, 9.17) is 11.6 Å². The molecule has 2 aromatic carbocycles. The lowest BCUT2D eigenvalue weighted by Gasteiger charge is -2.29. The second-order valence-electron chi connectivity index (χ2n) is 5.06. The average Bonchev–Trinajstić information content (AvgIpc) is 2.46. The Hall–Kier alpha value is -1.54. The Bertz CT molecular complexity index is 597. The van der Waals surface area contributed by atoms with Crippen LogP contribution >= 0.6 is 11.6 Å². The molecular weight excluding hydrogens is 273 g/mol. The fraction of sp³-hybridized carbons (Fsp3) is 0.294. The Kier molecular flexibility index (Phi) is 4.66. The first-order valence-electron chi connectivity index (χ1n) is 6.67. The summed E-state index contributed by atoms with van der Waals surface area (Å²) in [6, 6.07) is 13.0. The monoisotopic (exact) mass is 291 g/mol. The molecule has 0 spiro atoms. The molecule has 1 atom stereocenters. The third kappa shape index (κ3) is 2.96. The lowest BCUT2D eigenvalue weighted by molar-refractivity contribution is 0.585. The van der Waals surface area contributed by atoms with Crippen LogP contribution in [0, 0.1) is 12.7 Å². The molecule has 3 heteroatoms. The zero-order valence-electron chi connectivity index (χ0n) is 12.0. The predicted octanol–water partition coefficient (Wildman–Crippen LogP) is 5.07. The highest BCUT2D eigenvalue weighted by Crippen LogP contribution is 2.29. The third-order valence-electron chi connectivity index (χ3n) is 3.73. The molecular formula is C17H19ClFN. The number of rotatable bonds is 4. The second kappa shape index (κ2) is 6.27. The SMILES string of the molecule is Cc1cc(CCl)ccc1N(C)C(C)c1ccccc1F. The van der Waals surface area contributed by atoms with Gasteiger partial charge >= 0.3 is 0 Å². The van der Waals surface area contributed by atoms with Crippen LogP contribution < -0.4 is 4.90 Å². The summed E-state index contributed by atoms with van der Waals surface area (Å²) in [4.78, 5) is 2.09. The highest BCUT2D eigenvalue weighted by atomic mass is 35.5. The molecule has 0 heterocycles. The van der Waals surface area contributed by atoms with Crippen molar-refractivity contribution in [3.8, 4) is 0 Å². The molecule has 2 aromatic rings. The van der Waals surface area contributed by atoms with E-state index in [1.165, 1.54) is 6.07 Å². The van der Waals surface area contributed by atoms with Crippen LogP contribution in [0.1, 0.15) is 29.7 Å². The number of nitrogens with zero attached hydrogens (tertiary/aromatic N) is 1. The fourth-order valence-corrected chi connectivity index (χ4v) is 2.59. The van der Waals surface area contributed by atoms with Crippen LogP contribution in [0.15, 0.2) is 42.5 Å². The van der Waals surface area contributed by atoms with Gasteiger partial charge in [-0.1, -0.05) is 30.3 Å². The minimum atomic E-state index is -0.165. The minimum absolute atomic E-state index is 0.0308. The highest BCUT2D eigenvalue weighted by Gasteiger charge is 2.17. The number of halogens is 2. The summed E-state index contributed by atoms with van der Waals surface area (Å²) in [5, 5.41) is 0. The molecule has 0 aliphatic carbocycles. The molecule has 0 aromatic heterocycles. The normalized spacial score (nSPS) is 12.2. The van der Waals surface area contributed by atoms with Crippen molar-refractivity contribution in [2.24, 2.45) is 0 Å². The number of hydrogen-bond donors (Lipinski definition) is 0. The average molecular weight is 292 g/mol. The maximum atomic E-state index is 13.9. The van der Waals surface area contributed by atoms with Gasteiger partial charge in [0.15, 0.2) is 0 Å². The molecule has 106 valence electrons. The Morgan fingerprint density at radius 2 is 1.90 bits per heavy atom. The van der Waals surface area contributed by atoms with E-state index in [1.807, 2.05) is 38.2 Å². The van der Waals surface area contributed by atoms with Crippen LogP contribution in [-0.2, 0) is 5.88 Å². The maximum absolute atomic E-state index is 13.9. The number of benzene rings is 2. The fourth-order valence-electron chi connectivity index (χ4n) is 2.43. The zero-order valence-corrected chi connectivity index (χ0v) is 12.8. The van der Waals surface area contributed by atoms with Gasteiger partial charge in [0.25, 0.3) is 0 Å². The zero-order chi connectivity index (χ0) is 14.7. The van der Waals surface area contributed by atoms with Crippen molar-refractivity contribution in [1.82, 2.24) is 0 Å². The molecule has 0 N–H and O–H groups in total. The summed E-state index contributed by atoms with van der Waals surface area (Å²) < 4.78 is 13.9. The summed E-state index contributed by atoms with van der Waals surface area (Å²) in [6.07, 6.45) is 0. The summed E-state index contributed by atoms with van der Waals surface area (Å²) in [6.45, 7) is 4.06. The Balaban J connectivity index is 2.31. The van der Waals surface area contributed by atoms with Crippen LogP contribution in [0.5, 0.6) is 0 Å². The second-order valence-corrected chi connectivity index (χ2v) is 5.33. The van der Waals surface area contributed by atoms with Crippen molar-refractivity contribution in [2.75, 3.05) is 11.9 Å². The van der Waals surface area contributed by atoms with Crippen molar-refractivity contribution in [1.29, 1.82) is 0 Å². The molecule has 0 aliphatic rings. The number of aryl methyl sites for hydroxylation is 1. The molecule has 0 radical (unpaired) electrons. The molecule has 20 heavy (non-hydrogen) atoms. The van der Waals surface area contributed by atoms with Crippen LogP contribution in [0.4, 0.5) is 10.1 Å². The Labute approximate surface area is 125 Å². The van der Waals surface area contributed by atoms with Crippen molar-refractivity contribution in [3.05, 3.63) is 65.0 Å². The lowest BCUT2D eigenvalue weighted by Crippen LogP contribution is -2.23. The van der Waals surface area contributed by atoms with Gasteiger partial charge in [0, 0.05) is 24.2 Å². The molecule has 0 saturated heterocycles. The van der Waals surface area contributed by atoms with Crippen molar-refractivity contribution in [2.45, 2.75) is 25.8 Å². The van der Waals surface area contributed by atoms with Gasteiger partial charge in [-0.2, -0.15) is 0 Å². The van der Waals surface area contributed by atoms with Gasteiger partial charge in [-0.05, 0) is 37.1 Å². The molecule has 0 bridgehead atoms. The van der Waals surface area contributed by atoms with Gasteiger partial charge in [0.1, 0.15) is 5.82 Å². The van der Waals surface area contributed by atoms with Crippen molar-refractivity contribution < 1.29 is 4.39 Å². The maximum Gasteiger partial charge on any atom is 0.128 e. The van der Waals surface area contributed by atoms with Crippen LogP contribution in [0.2, 0.25) is 0 Å². The smallest absolute Gasteiger partial charge is 0.128 e. The van der Waals surface area contributed by atoms with Gasteiger partial charge in [0.05, 0.1) is 6.04 Å². The van der Waals surface area contributed by atoms with Gasteiger partial charge in [-0.15, -0.1) is 11.6 Å². The topological polar surface area (TPSA) is 3.24 Å². The van der Waals surface area contributed by atoms with E-state index in [9.17, 15) is 4.39 Å². The van der Waals surface area contributed by atoms with E-state index >= 15 is 0 Å². The third-order valence-corrected chi connectivity index (χ3v) is 4.04. The van der Waals surface area contributed by atoms with Crippen LogP contribution in [-0.4, -0.2) is 7.05 Å². The van der Waals surface area contributed by atoms with E-state index < -0.39 is 0 Å². The number of anilines is 1. The standard InChI is InChI=1S/C17H19ClFN/c1-12-10-14(11-18)8-9-17(12)20(3)13(2)15-6-4-5-7-16(15)19/h4-10,13H,11H2,1-3H3. The van der Waals surface area contributed by atoms with E-state index in [1.54, 1.807) is 6.07 Å². The van der Waals surface area contributed by atoms with E-state index in [0.717, 1.165) is 16.8 Å². The Morgan fingerprint density at radius 1 is 1.20 bits per heavy atom. The van der Waals surface area contributed by atoms with Gasteiger partial charge in [-0.3, -0.25) is 0 Å². The Morgan fingerprint density at radius 3 is 2.50 bits per heavy atom. The van der Waals surface area contributed by atoms with Crippen LogP contribution in [0.25, 0.3) is 0 Å². The summed E-state index contributed by atoms with van der Waals surface area (Å²) in [5.41, 5.74) is 4.04. The first-order valence-corrected chi connectivity index (χ1v) is 7.20. The van der Waals surface area contributed by atoms with Gasteiger partial charge < -0.3 is 4.90 Å². The van der Waals surface area contributed by atoms with Gasteiger partial charge in [0.2, 0.25) is 0 Å². The van der Waals surface area contributed by atoms with Gasteiger partial charge in [-0.25, -0.2) is 4.39 Å². The molecule has 0 amide bonds. The molecule has 2 rings (SSSR count). The summed E-state index contributed by atoms with van der Waals surface area (Å²) in [5.74, 6) is 0.343. The molecule has 0 saturated carbocycles. The van der Waals surface area contributed by atoms with E-state index in [0.29, 0.717) is 11.4 Å². The molecule has 0 fully saturated rings. The molecule has 1 unspecified atom stereocenters. The predicted molar refractivity (Wildman–Crippen MR) is 84.0 cm³/mol. The molecule has 1 nitrogen and oxygen atoms in total.